The van der Waals surface area contributed by atoms with Crippen molar-refractivity contribution in [3.8, 4) is 0 Å². The molecule has 2 aromatic rings. The Morgan fingerprint density at radius 2 is 2.25 bits per heavy atom. The maximum Gasteiger partial charge on any atom is 0.169 e. The number of anilines is 1. The number of hydrogen-bond donors (Lipinski definition) is 1. The van der Waals surface area contributed by atoms with Gasteiger partial charge in [0.1, 0.15) is 6.33 Å². The highest BCUT2D eigenvalue weighted by Crippen LogP contribution is 2.22. The van der Waals surface area contributed by atoms with E-state index >= 15 is 0 Å². The first-order valence-electron chi connectivity index (χ1n) is 4.74. The highest BCUT2D eigenvalue weighted by atomic mass is 79.9. The van der Waals surface area contributed by atoms with Crippen LogP contribution < -0.4 is 5.32 Å². The van der Waals surface area contributed by atoms with E-state index < -0.39 is 0 Å². The van der Waals surface area contributed by atoms with Crippen LogP contribution in [0.1, 0.15) is 0 Å². The Morgan fingerprint density at radius 3 is 3.00 bits per heavy atom. The molecule has 0 atom stereocenters. The van der Waals surface area contributed by atoms with Gasteiger partial charge in [-0.05, 0) is 39.6 Å². The number of nitrogens with zero attached hydrogens (tertiary/aromatic N) is 2. The van der Waals surface area contributed by atoms with Gasteiger partial charge in [0.25, 0.3) is 0 Å². The molecule has 0 saturated heterocycles. The molecule has 1 aromatic carbocycles. The predicted octanol–water partition coefficient (Wildman–Crippen LogP) is 3.50. The molecule has 0 spiro atoms. The fourth-order valence-corrected chi connectivity index (χ4v) is 2.95. The molecular formula is C10H10BrN3S2. The third kappa shape index (κ3) is 3.47. The van der Waals surface area contributed by atoms with Crippen LogP contribution in [0.15, 0.2) is 39.4 Å². The van der Waals surface area contributed by atoms with Crippen molar-refractivity contribution in [1.29, 1.82) is 0 Å². The summed E-state index contributed by atoms with van der Waals surface area (Å²) in [6, 6.07) is 8.11. The van der Waals surface area contributed by atoms with Crippen molar-refractivity contribution < 1.29 is 0 Å². The quantitative estimate of drug-likeness (QED) is 0.677. The largest absolute Gasteiger partial charge is 0.383 e. The number of halogens is 1. The molecule has 1 heterocycles. The predicted molar refractivity (Wildman–Crippen MR) is 73.3 cm³/mol. The van der Waals surface area contributed by atoms with Crippen molar-refractivity contribution in [2.24, 2.45) is 0 Å². The SMILES string of the molecule is Brc1ccccc1NCCSc1ncns1. The summed E-state index contributed by atoms with van der Waals surface area (Å²) in [7, 11) is 0. The number of rotatable bonds is 5. The van der Waals surface area contributed by atoms with E-state index in [-0.39, 0.29) is 0 Å². The number of benzene rings is 1. The highest BCUT2D eigenvalue weighted by Gasteiger charge is 1.99. The third-order valence-corrected chi connectivity index (χ3v) is 4.35. The number of aromatic nitrogens is 2. The number of nitrogens with one attached hydrogen (secondary N) is 1. The molecular weight excluding hydrogens is 306 g/mol. The zero-order valence-corrected chi connectivity index (χ0v) is 11.6. The normalized spacial score (nSPS) is 10.3. The van der Waals surface area contributed by atoms with Crippen molar-refractivity contribution in [2.45, 2.75) is 4.34 Å². The average Bonchev–Trinajstić information content (AvgIpc) is 2.79. The molecule has 1 N–H and O–H groups in total. The first-order chi connectivity index (χ1) is 7.86. The lowest BCUT2D eigenvalue weighted by Gasteiger charge is -2.06. The smallest absolute Gasteiger partial charge is 0.169 e. The molecule has 84 valence electrons. The van der Waals surface area contributed by atoms with Crippen LogP contribution in [0.3, 0.4) is 0 Å². The molecule has 0 radical (unpaired) electrons. The van der Waals surface area contributed by atoms with E-state index in [0.717, 1.165) is 26.8 Å². The van der Waals surface area contributed by atoms with E-state index in [0.29, 0.717) is 0 Å². The Balaban J connectivity index is 1.74. The summed E-state index contributed by atoms with van der Waals surface area (Å²) in [5.41, 5.74) is 1.13. The molecule has 0 aliphatic carbocycles. The molecule has 0 aliphatic heterocycles. The minimum atomic E-state index is 0.910. The summed E-state index contributed by atoms with van der Waals surface area (Å²) >= 11 is 6.65. The first kappa shape index (κ1) is 11.9. The van der Waals surface area contributed by atoms with Gasteiger partial charge in [0.2, 0.25) is 0 Å². The van der Waals surface area contributed by atoms with Gasteiger partial charge in [0.15, 0.2) is 4.34 Å². The summed E-state index contributed by atoms with van der Waals surface area (Å²) in [6.07, 6.45) is 1.59. The molecule has 0 fully saturated rings. The van der Waals surface area contributed by atoms with Gasteiger partial charge in [-0.1, -0.05) is 23.9 Å². The van der Waals surface area contributed by atoms with Crippen LogP contribution in [0.5, 0.6) is 0 Å². The van der Waals surface area contributed by atoms with Crippen molar-refractivity contribution in [1.82, 2.24) is 9.36 Å². The molecule has 0 amide bonds. The summed E-state index contributed by atoms with van der Waals surface area (Å²) < 4.78 is 6.07. The van der Waals surface area contributed by atoms with Gasteiger partial charge in [0, 0.05) is 22.5 Å². The third-order valence-electron chi connectivity index (χ3n) is 1.86. The van der Waals surface area contributed by atoms with Crippen LogP contribution in [-0.4, -0.2) is 21.7 Å². The molecule has 6 heteroatoms. The zero-order valence-electron chi connectivity index (χ0n) is 8.39. The Hall–Kier alpha value is -0.590. The Bertz CT molecular complexity index is 433. The Kier molecular flexibility index (Phi) is 4.62. The van der Waals surface area contributed by atoms with Crippen molar-refractivity contribution in [2.75, 3.05) is 17.6 Å². The molecule has 2 rings (SSSR count). The van der Waals surface area contributed by atoms with Crippen LogP contribution in [0.25, 0.3) is 0 Å². The minimum Gasteiger partial charge on any atom is -0.383 e. The molecule has 0 bridgehead atoms. The fraction of sp³-hybridized carbons (Fsp3) is 0.200. The van der Waals surface area contributed by atoms with Crippen LogP contribution in [0.4, 0.5) is 5.69 Å². The topological polar surface area (TPSA) is 37.8 Å². The fourth-order valence-electron chi connectivity index (χ4n) is 1.16. The van der Waals surface area contributed by atoms with Crippen molar-refractivity contribution >= 4 is 44.9 Å². The monoisotopic (exact) mass is 315 g/mol. The van der Waals surface area contributed by atoms with E-state index in [1.54, 1.807) is 18.1 Å². The minimum absolute atomic E-state index is 0.910. The van der Waals surface area contributed by atoms with E-state index in [1.165, 1.54) is 11.5 Å². The lowest BCUT2D eigenvalue weighted by atomic mass is 10.3. The van der Waals surface area contributed by atoms with Gasteiger partial charge in [-0.15, -0.1) is 0 Å². The van der Waals surface area contributed by atoms with Gasteiger partial charge in [-0.2, -0.15) is 4.37 Å². The lowest BCUT2D eigenvalue weighted by molar-refractivity contribution is 1.19. The molecule has 3 nitrogen and oxygen atoms in total. The average molecular weight is 316 g/mol. The van der Waals surface area contributed by atoms with Crippen molar-refractivity contribution in [3.63, 3.8) is 0 Å². The van der Waals surface area contributed by atoms with E-state index in [2.05, 4.69) is 36.7 Å². The Labute approximate surface area is 111 Å². The standard InChI is InChI=1S/C10H10BrN3S2/c11-8-3-1-2-4-9(8)12-5-6-15-10-13-7-14-16-10/h1-4,7,12H,5-6H2. The van der Waals surface area contributed by atoms with Crippen molar-refractivity contribution in [3.05, 3.63) is 35.1 Å². The van der Waals surface area contributed by atoms with Gasteiger partial charge >= 0.3 is 0 Å². The molecule has 16 heavy (non-hydrogen) atoms. The van der Waals surface area contributed by atoms with E-state index in [9.17, 15) is 0 Å². The number of hydrogen-bond acceptors (Lipinski definition) is 5. The molecule has 1 aromatic heterocycles. The van der Waals surface area contributed by atoms with Crippen LogP contribution >= 0.6 is 39.2 Å². The number of para-hydroxylation sites is 1. The van der Waals surface area contributed by atoms with E-state index in [1.807, 2.05) is 18.2 Å². The summed E-state index contributed by atoms with van der Waals surface area (Å²) in [5, 5.41) is 3.36. The second-order valence-corrected chi connectivity index (χ2v) is 5.94. The summed E-state index contributed by atoms with van der Waals surface area (Å²) in [4.78, 5) is 4.11. The van der Waals surface area contributed by atoms with Gasteiger partial charge in [-0.3, -0.25) is 0 Å². The summed E-state index contributed by atoms with van der Waals surface area (Å²) in [5.74, 6) is 0.983. The molecule has 0 aliphatic rings. The van der Waals surface area contributed by atoms with Crippen LogP contribution in [0, 0.1) is 0 Å². The van der Waals surface area contributed by atoms with Crippen LogP contribution in [-0.2, 0) is 0 Å². The number of thioether (sulfide) groups is 1. The lowest BCUT2D eigenvalue weighted by Crippen LogP contribution is -2.04. The van der Waals surface area contributed by atoms with Crippen LogP contribution in [0.2, 0.25) is 0 Å². The molecule has 0 unspecified atom stereocenters. The second-order valence-electron chi connectivity index (χ2n) is 2.96. The maximum absolute atomic E-state index is 4.11. The Morgan fingerprint density at radius 1 is 1.38 bits per heavy atom. The van der Waals surface area contributed by atoms with Gasteiger partial charge in [0.05, 0.1) is 0 Å². The molecule has 0 saturated carbocycles. The maximum atomic E-state index is 4.11. The van der Waals surface area contributed by atoms with E-state index in [4.69, 9.17) is 0 Å². The highest BCUT2D eigenvalue weighted by molar-refractivity contribution is 9.10. The second kappa shape index (κ2) is 6.22. The summed E-state index contributed by atoms with van der Waals surface area (Å²) in [6.45, 7) is 0.910. The zero-order chi connectivity index (χ0) is 11.2. The van der Waals surface area contributed by atoms with Gasteiger partial charge in [-0.25, -0.2) is 4.98 Å². The van der Waals surface area contributed by atoms with Gasteiger partial charge < -0.3 is 5.32 Å². The first-order valence-corrected chi connectivity index (χ1v) is 7.29.